The number of halogens is 1. The Labute approximate surface area is 166 Å². The van der Waals surface area contributed by atoms with Crippen LogP contribution in [-0.4, -0.2) is 51.1 Å². The largest absolute Gasteiger partial charge is 0.485 e. The number of nitrogens with one attached hydrogen (secondary N) is 1. The molecule has 0 fully saturated rings. The molecule has 0 spiro atoms. The summed E-state index contributed by atoms with van der Waals surface area (Å²) in [6.45, 7) is 0.537. The van der Waals surface area contributed by atoms with Crippen LogP contribution in [0.25, 0.3) is 0 Å². The minimum atomic E-state index is -2.84. The zero-order valence-corrected chi connectivity index (χ0v) is 16.3. The second-order valence-corrected chi connectivity index (χ2v) is 5.73. The Morgan fingerprint density at radius 2 is 1.82 bits per heavy atom. The summed E-state index contributed by atoms with van der Waals surface area (Å²) < 4.78 is 43.1. The molecule has 2 amide bonds. The number of para-hydroxylation sites is 1. The van der Waals surface area contributed by atoms with Crippen LogP contribution in [0.5, 0.6) is 29.0 Å². The number of nitrogens with zero attached hydrogens (tertiary/aromatic N) is 3. The average molecular weight is 431 g/mol. The quantitative estimate of drug-likeness (QED) is 0.584. The number of rotatable bonds is 6. The van der Waals surface area contributed by atoms with Crippen molar-refractivity contribution in [3.63, 3.8) is 0 Å². The molecule has 0 radical (unpaired) electrons. The molecule has 0 saturated carbocycles. The lowest BCUT2D eigenvalue weighted by Gasteiger charge is -2.22. The van der Waals surface area contributed by atoms with Crippen LogP contribution in [0, 0.1) is 0 Å². The first-order valence-corrected chi connectivity index (χ1v) is 9.12. The number of alkyl halides is 1. The normalized spacial score (nSPS) is 10.2. The number of anilines is 1. The van der Waals surface area contributed by atoms with Crippen LogP contribution >= 0.6 is 11.6 Å². The van der Waals surface area contributed by atoms with Crippen molar-refractivity contribution in [2.24, 2.45) is 4.36 Å². The zero-order valence-electron chi connectivity index (χ0n) is 14.7. The highest BCUT2D eigenvalue weighted by atomic mass is 35.5. The fourth-order valence-corrected chi connectivity index (χ4v) is 2.12. The minimum Gasteiger partial charge on any atom is -0.485 e. The van der Waals surface area contributed by atoms with Gasteiger partial charge in [0.2, 0.25) is 23.5 Å². The summed E-state index contributed by atoms with van der Waals surface area (Å²) in [6.07, 6.45) is 0. The molecule has 1 N–H and O–H groups in total. The molecule has 2 aliphatic rings. The Morgan fingerprint density at radius 1 is 1.21 bits per heavy atom. The van der Waals surface area contributed by atoms with E-state index in [1.54, 1.807) is 0 Å². The summed E-state index contributed by atoms with van der Waals surface area (Å²) in [5.41, 5.74) is 0. The lowest BCUT2D eigenvalue weighted by Crippen LogP contribution is -2.10. The van der Waals surface area contributed by atoms with Crippen LogP contribution < -0.4 is 24.3 Å². The molecule has 28 heavy (non-hydrogen) atoms. The zero-order chi connectivity index (χ0) is 20.5. The fraction of sp³-hybridized carbons (Fsp3) is 0.267. The van der Waals surface area contributed by atoms with Gasteiger partial charge in [0, 0.05) is 0 Å². The lowest BCUT2D eigenvalue weighted by atomic mass is 10.2. The highest BCUT2D eigenvalue weighted by molar-refractivity contribution is 7.62. The van der Waals surface area contributed by atoms with Crippen molar-refractivity contribution in [2.45, 2.75) is 0 Å². The van der Waals surface area contributed by atoms with Gasteiger partial charge in [-0.25, -0.2) is 4.79 Å². The van der Waals surface area contributed by atoms with Crippen molar-refractivity contribution >= 4 is 34.1 Å². The third-order valence-corrected chi connectivity index (χ3v) is 3.43. The monoisotopic (exact) mass is 430 g/mol. The number of methoxy groups -OCH3 is 2. The predicted octanol–water partition coefficient (Wildman–Crippen LogP) is 2.50. The number of hydrogen-bond donors (Lipinski definition) is 1. The summed E-state index contributed by atoms with van der Waals surface area (Å²) in [4.78, 5) is 18.5. The van der Waals surface area contributed by atoms with Crippen LogP contribution in [-0.2, 0) is 10.5 Å². The molecular weight excluding hydrogens is 416 g/mol. The van der Waals surface area contributed by atoms with Gasteiger partial charge in [-0.1, -0.05) is 10.4 Å². The fourth-order valence-electron chi connectivity index (χ4n) is 1.87. The number of carbonyl (C=O) groups is 1. The Hall–Kier alpha value is -3.12. The SMILES string of the molecule is COc1cc(OC)nc(NC(=O)N=S(=O)=O)n1.ClCCOc1c2cccc1O2. The first-order chi connectivity index (χ1) is 13.5. The van der Waals surface area contributed by atoms with Gasteiger partial charge in [-0.15, -0.1) is 11.6 Å². The van der Waals surface area contributed by atoms with E-state index >= 15 is 0 Å². The second kappa shape index (κ2) is 10.3. The highest BCUT2D eigenvalue weighted by Crippen LogP contribution is 2.49. The summed E-state index contributed by atoms with van der Waals surface area (Å²) in [6, 6.07) is 5.95. The van der Waals surface area contributed by atoms with Gasteiger partial charge < -0.3 is 18.9 Å². The van der Waals surface area contributed by atoms with E-state index in [-0.39, 0.29) is 17.7 Å². The van der Waals surface area contributed by atoms with Gasteiger partial charge in [-0.3, -0.25) is 5.32 Å². The van der Waals surface area contributed by atoms with E-state index in [4.69, 9.17) is 30.5 Å². The lowest BCUT2D eigenvalue weighted by molar-refractivity contribution is 0.259. The molecule has 2 aromatic rings. The van der Waals surface area contributed by atoms with Gasteiger partial charge in [0.1, 0.15) is 6.61 Å². The average Bonchev–Trinajstić information content (AvgIpc) is 2.68. The highest BCUT2D eigenvalue weighted by Gasteiger charge is 2.22. The van der Waals surface area contributed by atoms with Crippen molar-refractivity contribution < 1.29 is 32.2 Å². The first kappa shape index (κ1) is 21.2. The summed E-state index contributed by atoms with van der Waals surface area (Å²) in [5.74, 6) is 3.09. The first-order valence-electron chi connectivity index (χ1n) is 7.55. The van der Waals surface area contributed by atoms with Crippen LogP contribution in [0.4, 0.5) is 10.7 Å². The van der Waals surface area contributed by atoms with Crippen molar-refractivity contribution in [2.75, 3.05) is 32.0 Å². The standard InChI is InChI=1S/C8H7ClO2.C7H8N4O5S/c9-4-5-10-8-6-2-1-3-7(8)11-6;1-15-4-3-5(16-2)9-6(8-4)10-7(12)11-17(13)14/h1-3H,4-5H2;3H,1-2H3,(H,8,9,10,12). The molecule has 1 aromatic heterocycles. The Bertz CT molecular complexity index is 934. The van der Waals surface area contributed by atoms with Crippen molar-refractivity contribution in [3.05, 3.63) is 24.3 Å². The summed E-state index contributed by atoms with van der Waals surface area (Å²) >= 11 is 5.46. The van der Waals surface area contributed by atoms with Crippen LogP contribution in [0.2, 0.25) is 0 Å². The molecule has 11 nitrogen and oxygen atoms in total. The smallest absolute Gasteiger partial charge is 0.362 e. The summed E-state index contributed by atoms with van der Waals surface area (Å²) in [5, 5.41) is 2.04. The predicted molar refractivity (Wildman–Crippen MR) is 98.2 cm³/mol. The number of aromatic nitrogens is 2. The van der Waals surface area contributed by atoms with Crippen LogP contribution in [0.3, 0.4) is 0 Å². The van der Waals surface area contributed by atoms with Crippen molar-refractivity contribution in [3.8, 4) is 29.0 Å². The van der Waals surface area contributed by atoms with E-state index in [2.05, 4.69) is 14.3 Å². The Morgan fingerprint density at radius 3 is 2.29 bits per heavy atom. The molecule has 4 rings (SSSR count). The summed E-state index contributed by atoms with van der Waals surface area (Å²) in [7, 11) is -0.108. The maximum atomic E-state index is 11.0. The number of fused-ring (bicyclic) bond motifs is 2. The number of carbonyl (C=O) groups excluding carboxylic acids is 1. The van der Waals surface area contributed by atoms with Crippen LogP contribution in [0.15, 0.2) is 28.6 Å². The minimum absolute atomic E-state index is 0.149. The van der Waals surface area contributed by atoms with E-state index in [1.807, 2.05) is 23.5 Å². The van der Waals surface area contributed by atoms with Crippen molar-refractivity contribution in [1.29, 1.82) is 0 Å². The molecule has 0 atom stereocenters. The van der Waals surface area contributed by atoms with E-state index in [0.29, 0.717) is 12.5 Å². The maximum Gasteiger partial charge on any atom is 0.362 e. The molecule has 13 heteroatoms. The number of benzene rings is 1. The Kier molecular flexibility index (Phi) is 7.77. The molecule has 0 saturated heterocycles. The van der Waals surface area contributed by atoms with Gasteiger partial charge in [0.05, 0.1) is 26.2 Å². The topological polar surface area (TPSA) is 138 Å². The maximum absolute atomic E-state index is 11.0. The molecular formula is C15H15ClN4O7S. The van der Waals surface area contributed by atoms with Gasteiger partial charge >= 0.3 is 16.5 Å². The van der Waals surface area contributed by atoms with Gasteiger partial charge in [0.15, 0.2) is 11.5 Å². The molecule has 0 unspecified atom stereocenters. The second-order valence-electron chi connectivity index (χ2n) is 4.74. The van der Waals surface area contributed by atoms with Gasteiger partial charge in [-0.05, 0) is 12.1 Å². The molecule has 1 aromatic carbocycles. The third-order valence-electron chi connectivity index (χ3n) is 2.96. The van der Waals surface area contributed by atoms with Gasteiger partial charge in [0.25, 0.3) is 0 Å². The Balaban J connectivity index is 0.000000218. The molecule has 3 heterocycles. The van der Waals surface area contributed by atoms with E-state index in [0.717, 1.165) is 17.2 Å². The van der Waals surface area contributed by atoms with Crippen LogP contribution in [0.1, 0.15) is 0 Å². The van der Waals surface area contributed by atoms with Gasteiger partial charge in [-0.2, -0.15) is 18.4 Å². The number of amides is 2. The van der Waals surface area contributed by atoms with E-state index in [1.165, 1.54) is 20.3 Å². The van der Waals surface area contributed by atoms with E-state index in [9.17, 15) is 13.2 Å². The van der Waals surface area contributed by atoms with E-state index < -0.39 is 16.5 Å². The number of hydrogen-bond acceptors (Lipinski definition) is 9. The number of ether oxygens (including phenoxy) is 4. The third kappa shape index (κ3) is 5.96. The molecule has 150 valence electrons. The number of urea groups is 1. The molecule has 2 aliphatic heterocycles. The molecule has 0 aliphatic carbocycles. The molecule has 2 bridgehead atoms. The van der Waals surface area contributed by atoms with Crippen molar-refractivity contribution in [1.82, 2.24) is 9.97 Å².